The molecule has 8 heteroatoms. The van der Waals surface area contributed by atoms with Crippen molar-refractivity contribution >= 4 is 44.7 Å². The van der Waals surface area contributed by atoms with Gasteiger partial charge >= 0.3 is 0 Å². The molecule has 192 valence electrons. The van der Waals surface area contributed by atoms with E-state index in [2.05, 4.69) is 57.2 Å². The van der Waals surface area contributed by atoms with Gasteiger partial charge in [-0.1, -0.05) is 48.0 Å². The Balaban J connectivity index is 1.55. The van der Waals surface area contributed by atoms with Crippen LogP contribution in [-0.4, -0.2) is 29.1 Å². The molecule has 38 heavy (non-hydrogen) atoms. The molecule has 2 heterocycles. The summed E-state index contributed by atoms with van der Waals surface area (Å²) < 4.78 is 11.9. The number of hydrogen-bond acceptors (Lipinski definition) is 7. The van der Waals surface area contributed by atoms with Gasteiger partial charge in [-0.3, -0.25) is 4.79 Å². The van der Waals surface area contributed by atoms with Crippen molar-refractivity contribution in [3.63, 3.8) is 0 Å². The molecule has 0 bridgehead atoms. The second kappa shape index (κ2) is 11.3. The number of thiophene rings is 1. The zero-order valence-electron chi connectivity index (χ0n) is 21.4. The van der Waals surface area contributed by atoms with Crippen LogP contribution in [0.5, 0.6) is 11.5 Å². The van der Waals surface area contributed by atoms with Crippen LogP contribution in [0.25, 0.3) is 21.3 Å². The molecule has 0 saturated carbocycles. The molecule has 0 aliphatic rings. The molecule has 0 aliphatic heterocycles. The SMILES string of the molecule is CCOc1cc(Nc2ncnc3scc(-c4ccc(C)cc4)c23)c(OCC)cc1NC(=O)c1ccccc1. The van der Waals surface area contributed by atoms with E-state index in [0.717, 1.165) is 21.3 Å². The van der Waals surface area contributed by atoms with Gasteiger partial charge in [0, 0.05) is 28.6 Å². The molecule has 7 nitrogen and oxygen atoms in total. The minimum absolute atomic E-state index is 0.228. The molecule has 0 radical (unpaired) electrons. The summed E-state index contributed by atoms with van der Waals surface area (Å²) in [5, 5.41) is 9.46. The zero-order valence-corrected chi connectivity index (χ0v) is 22.3. The predicted molar refractivity (Wildman–Crippen MR) is 154 cm³/mol. The van der Waals surface area contributed by atoms with Crippen molar-refractivity contribution in [2.45, 2.75) is 20.8 Å². The summed E-state index contributed by atoms with van der Waals surface area (Å²) in [6, 6.07) is 21.1. The first-order valence-electron chi connectivity index (χ1n) is 12.4. The van der Waals surface area contributed by atoms with Gasteiger partial charge in [-0.2, -0.15) is 0 Å². The second-order valence-electron chi connectivity index (χ2n) is 8.57. The molecule has 0 aliphatic carbocycles. The number of anilines is 3. The Morgan fingerprint density at radius 2 is 1.58 bits per heavy atom. The van der Waals surface area contributed by atoms with Gasteiger partial charge < -0.3 is 20.1 Å². The van der Waals surface area contributed by atoms with Gasteiger partial charge in [0.15, 0.2) is 0 Å². The third-order valence-electron chi connectivity index (χ3n) is 5.95. The lowest BCUT2D eigenvalue weighted by Gasteiger charge is -2.18. The number of ether oxygens (including phenoxy) is 2. The maximum Gasteiger partial charge on any atom is 0.255 e. The van der Waals surface area contributed by atoms with Crippen LogP contribution in [0.15, 0.2) is 78.4 Å². The van der Waals surface area contributed by atoms with Gasteiger partial charge in [-0.15, -0.1) is 11.3 Å². The topological polar surface area (TPSA) is 85.4 Å². The number of carbonyl (C=O) groups is 1. The quantitative estimate of drug-likeness (QED) is 0.208. The Labute approximate surface area is 225 Å². The molecule has 2 aromatic heterocycles. The van der Waals surface area contributed by atoms with Crippen LogP contribution in [0.2, 0.25) is 0 Å². The largest absolute Gasteiger partial charge is 0.492 e. The fraction of sp³-hybridized carbons (Fsp3) is 0.167. The average Bonchev–Trinajstić information content (AvgIpc) is 3.37. The molecular weight excluding hydrogens is 496 g/mol. The van der Waals surface area contributed by atoms with Gasteiger partial charge in [-0.05, 0) is 38.5 Å². The third-order valence-corrected chi connectivity index (χ3v) is 6.84. The van der Waals surface area contributed by atoms with Gasteiger partial charge in [0.1, 0.15) is 28.5 Å². The van der Waals surface area contributed by atoms with E-state index in [0.29, 0.717) is 47.5 Å². The number of benzene rings is 3. The second-order valence-corrected chi connectivity index (χ2v) is 9.43. The molecule has 1 amide bonds. The Morgan fingerprint density at radius 1 is 0.895 bits per heavy atom. The number of fused-ring (bicyclic) bond motifs is 1. The lowest BCUT2D eigenvalue weighted by molar-refractivity contribution is 0.102. The third kappa shape index (κ3) is 5.31. The normalized spacial score (nSPS) is 10.8. The number of nitrogens with zero attached hydrogens (tertiary/aromatic N) is 2. The Bertz CT molecular complexity index is 1570. The zero-order chi connectivity index (χ0) is 26.5. The van der Waals surface area contributed by atoms with Crippen molar-refractivity contribution in [1.82, 2.24) is 9.97 Å². The van der Waals surface area contributed by atoms with Crippen LogP contribution < -0.4 is 20.1 Å². The van der Waals surface area contributed by atoms with Gasteiger partial charge in [0.05, 0.1) is 30.0 Å². The first kappa shape index (κ1) is 25.2. The highest BCUT2D eigenvalue weighted by molar-refractivity contribution is 7.17. The molecule has 0 fully saturated rings. The van der Waals surface area contributed by atoms with Crippen molar-refractivity contribution in [1.29, 1.82) is 0 Å². The van der Waals surface area contributed by atoms with E-state index in [1.165, 1.54) is 5.56 Å². The van der Waals surface area contributed by atoms with Crippen molar-refractivity contribution < 1.29 is 14.3 Å². The minimum Gasteiger partial charge on any atom is -0.492 e. The maximum absolute atomic E-state index is 12.9. The Kier molecular flexibility index (Phi) is 7.51. The van der Waals surface area contributed by atoms with Crippen LogP contribution in [0.4, 0.5) is 17.2 Å². The van der Waals surface area contributed by atoms with Crippen LogP contribution in [0.1, 0.15) is 29.8 Å². The standard InChI is InChI=1S/C30H28N4O3S/c1-4-36-25-16-24(34-29(35)21-9-7-6-8-10-21)26(37-5-2)15-23(25)33-28-27-22(17-38-30(27)32-18-31-28)20-13-11-19(3)12-14-20/h6-18H,4-5H2,1-3H3,(H,34,35)(H,31,32,33). The van der Waals surface area contributed by atoms with Crippen molar-refractivity contribution in [2.24, 2.45) is 0 Å². The monoisotopic (exact) mass is 524 g/mol. The molecule has 5 aromatic rings. The highest BCUT2D eigenvalue weighted by Crippen LogP contribution is 2.42. The number of carbonyl (C=O) groups excluding carboxylic acids is 1. The number of amides is 1. The molecule has 3 aromatic carbocycles. The summed E-state index contributed by atoms with van der Waals surface area (Å²) in [5.41, 5.74) is 5.11. The number of nitrogens with one attached hydrogen (secondary N) is 2. The molecular formula is C30H28N4O3S. The fourth-order valence-electron chi connectivity index (χ4n) is 4.13. The summed E-state index contributed by atoms with van der Waals surface area (Å²) >= 11 is 1.58. The summed E-state index contributed by atoms with van der Waals surface area (Å²) in [6.45, 7) is 6.77. The number of rotatable bonds is 9. The minimum atomic E-state index is -0.228. The molecule has 2 N–H and O–H groups in total. The number of hydrogen-bond donors (Lipinski definition) is 2. The lowest BCUT2D eigenvalue weighted by Crippen LogP contribution is -2.13. The Morgan fingerprint density at radius 3 is 2.29 bits per heavy atom. The van der Waals surface area contributed by atoms with Gasteiger partial charge in [-0.25, -0.2) is 9.97 Å². The first-order valence-corrected chi connectivity index (χ1v) is 13.3. The average molecular weight is 525 g/mol. The molecule has 0 spiro atoms. The van der Waals surface area contributed by atoms with E-state index in [4.69, 9.17) is 9.47 Å². The highest BCUT2D eigenvalue weighted by Gasteiger charge is 2.19. The lowest BCUT2D eigenvalue weighted by atomic mass is 10.0. The molecule has 0 unspecified atom stereocenters. The predicted octanol–water partition coefficient (Wildman–Crippen LogP) is 7.46. The highest BCUT2D eigenvalue weighted by atomic mass is 32.1. The summed E-state index contributed by atoms with van der Waals surface area (Å²) in [4.78, 5) is 22.8. The van der Waals surface area contributed by atoms with Crippen LogP contribution in [-0.2, 0) is 0 Å². The van der Waals surface area contributed by atoms with Gasteiger partial charge in [0.25, 0.3) is 5.91 Å². The van der Waals surface area contributed by atoms with Crippen molar-refractivity contribution in [2.75, 3.05) is 23.8 Å². The van der Waals surface area contributed by atoms with Crippen molar-refractivity contribution in [3.8, 4) is 22.6 Å². The van der Waals surface area contributed by atoms with Gasteiger partial charge in [0.2, 0.25) is 0 Å². The molecule has 0 atom stereocenters. The van der Waals surface area contributed by atoms with Crippen LogP contribution in [0, 0.1) is 6.92 Å². The van der Waals surface area contributed by atoms with E-state index >= 15 is 0 Å². The molecule has 0 saturated heterocycles. The van der Waals surface area contributed by atoms with E-state index < -0.39 is 0 Å². The smallest absolute Gasteiger partial charge is 0.255 e. The van der Waals surface area contributed by atoms with E-state index in [-0.39, 0.29) is 5.91 Å². The van der Waals surface area contributed by atoms with Crippen LogP contribution in [0.3, 0.4) is 0 Å². The summed E-state index contributed by atoms with van der Waals surface area (Å²) in [6.07, 6.45) is 1.55. The number of aromatic nitrogens is 2. The number of aryl methyl sites for hydroxylation is 1. The van der Waals surface area contributed by atoms with E-state index in [1.807, 2.05) is 38.1 Å². The first-order chi connectivity index (χ1) is 18.6. The fourth-order valence-corrected chi connectivity index (χ4v) is 5.05. The van der Waals surface area contributed by atoms with Crippen LogP contribution >= 0.6 is 11.3 Å². The van der Waals surface area contributed by atoms with E-state index in [9.17, 15) is 4.79 Å². The maximum atomic E-state index is 12.9. The molecule has 5 rings (SSSR count). The summed E-state index contributed by atoms with van der Waals surface area (Å²) in [5.74, 6) is 1.53. The van der Waals surface area contributed by atoms with E-state index in [1.54, 1.807) is 35.9 Å². The summed E-state index contributed by atoms with van der Waals surface area (Å²) in [7, 11) is 0. The van der Waals surface area contributed by atoms with Crippen molar-refractivity contribution in [3.05, 3.63) is 89.6 Å². The Hall–Kier alpha value is -4.43.